The quantitative estimate of drug-likeness (QED) is 0.884. The van der Waals surface area contributed by atoms with Crippen molar-refractivity contribution in [2.24, 2.45) is 0 Å². The minimum atomic E-state index is -0.581. The summed E-state index contributed by atoms with van der Waals surface area (Å²) in [5.41, 5.74) is 0.161. The van der Waals surface area contributed by atoms with Gasteiger partial charge in [-0.05, 0) is 44.9 Å². The molecule has 0 saturated heterocycles. The molecule has 108 valence electrons. The van der Waals surface area contributed by atoms with Crippen LogP contribution in [0.1, 0.15) is 45.2 Å². The highest BCUT2D eigenvalue weighted by atomic mass is 16.6. The van der Waals surface area contributed by atoms with Crippen LogP contribution in [0.15, 0.2) is 24.3 Å². The van der Waals surface area contributed by atoms with Crippen LogP contribution < -0.4 is 5.32 Å². The molecule has 0 aliphatic carbocycles. The van der Waals surface area contributed by atoms with Crippen LogP contribution in [0.3, 0.4) is 0 Å². The predicted octanol–water partition coefficient (Wildman–Crippen LogP) is 3.26. The molecule has 0 unspecified atom stereocenters. The lowest BCUT2D eigenvalue weighted by Crippen LogP contribution is -2.35. The molecule has 1 atom stereocenters. The summed E-state index contributed by atoms with van der Waals surface area (Å²) in [4.78, 5) is 11.8. The zero-order valence-electron chi connectivity index (χ0n) is 12.0. The molecule has 1 amide bonds. The van der Waals surface area contributed by atoms with Crippen LogP contribution in [0, 0.1) is 11.3 Å². The third kappa shape index (κ3) is 5.61. The number of carbonyl (C=O) groups is 1. The highest BCUT2D eigenvalue weighted by Gasteiger charge is 2.20. The summed E-state index contributed by atoms with van der Waals surface area (Å²) in [6.07, 6.45) is 0.221. The molecule has 0 fully saturated rings. The van der Waals surface area contributed by atoms with E-state index in [1.807, 2.05) is 6.07 Å². The summed E-state index contributed by atoms with van der Waals surface area (Å²) in [5.74, 6) is 0.121. The molecule has 5 heteroatoms. The average molecular weight is 276 g/mol. The molecule has 0 bridgehead atoms. The lowest BCUT2D eigenvalue weighted by Gasteiger charge is -2.23. The van der Waals surface area contributed by atoms with Gasteiger partial charge >= 0.3 is 6.09 Å². The number of nitrogens with zero attached hydrogens (tertiary/aromatic N) is 1. The number of hydrogen-bond donors (Lipinski definition) is 2. The number of hydrogen-bond acceptors (Lipinski definition) is 4. The minimum absolute atomic E-state index is 0.121. The number of phenolic OH excluding ortho intramolecular Hbond substituents is 1. The van der Waals surface area contributed by atoms with Crippen LogP contribution >= 0.6 is 0 Å². The van der Waals surface area contributed by atoms with Gasteiger partial charge in [-0.1, -0.05) is 12.1 Å². The maximum atomic E-state index is 11.8. The van der Waals surface area contributed by atoms with Gasteiger partial charge in [0.15, 0.2) is 0 Å². The van der Waals surface area contributed by atoms with E-state index in [1.165, 1.54) is 0 Å². The standard InChI is InChI=1S/C15H20N2O3/c1-15(2,3)20-14(19)17-13(8-5-9-16)11-6-4-7-12(18)10-11/h4,6-7,10,13,18H,5,8H2,1-3H3,(H,17,19)/t13-/m0/s1. The fourth-order valence-corrected chi connectivity index (χ4v) is 1.72. The molecule has 5 nitrogen and oxygen atoms in total. The van der Waals surface area contributed by atoms with Gasteiger partial charge in [0.05, 0.1) is 12.1 Å². The van der Waals surface area contributed by atoms with Crippen molar-refractivity contribution in [3.63, 3.8) is 0 Å². The Balaban J connectivity index is 2.80. The Morgan fingerprint density at radius 1 is 1.50 bits per heavy atom. The number of benzene rings is 1. The zero-order valence-corrected chi connectivity index (χ0v) is 12.0. The molecule has 20 heavy (non-hydrogen) atoms. The van der Waals surface area contributed by atoms with E-state index in [4.69, 9.17) is 10.00 Å². The number of alkyl carbamates (subject to hydrolysis) is 1. The second-order valence-corrected chi connectivity index (χ2v) is 5.49. The highest BCUT2D eigenvalue weighted by Crippen LogP contribution is 2.22. The molecule has 0 aliphatic heterocycles. The van der Waals surface area contributed by atoms with E-state index in [1.54, 1.807) is 45.0 Å². The number of carbonyl (C=O) groups excluding carboxylic acids is 1. The van der Waals surface area contributed by atoms with Crippen LogP contribution in [-0.2, 0) is 4.74 Å². The zero-order chi connectivity index (χ0) is 15.2. The number of phenols is 1. The monoisotopic (exact) mass is 276 g/mol. The number of amides is 1. The van der Waals surface area contributed by atoms with Crippen molar-refractivity contribution in [3.05, 3.63) is 29.8 Å². The fourth-order valence-electron chi connectivity index (χ4n) is 1.72. The lowest BCUT2D eigenvalue weighted by molar-refractivity contribution is 0.0501. The van der Waals surface area contributed by atoms with Crippen LogP contribution in [0.5, 0.6) is 5.75 Å². The highest BCUT2D eigenvalue weighted by molar-refractivity contribution is 5.68. The molecule has 1 rings (SSSR count). The Labute approximate surface area is 119 Å². The van der Waals surface area contributed by atoms with Crippen molar-refractivity contribution in [2.45, 2.75) is 45.3 Å². The van der Waals surface area contributed by atoms with Gasteiger partial charge in [0.1, 0.15) is 11.4 Å². The Morgan fingerprint density at radius 2 is 2.20 bits per heavy atom. The number of nitrogens with one attached hydrogen (secondary N) is 1. The fraction of sp³-hybridized carbons (Fsp3) is 0.467. The first kappa shape index (κ1) is 15.8. The molecule has 0 aromatic heterocycles. The van der Waals surface area contributed by atoms with Crippen molar-refractivity contribution >= 4 is 6.09 Å². The van der Waals surface area contributed by atoms with E-state index in [2.05, 4.69) is 5.32 Å². The summed E-state index contributed by atoms with van der Waals surface area (Å²) < 4.78 is 5.20. The van der Waals surface area contributed by atoms with Gasteiger partial charge in [-0.25, -0.2) is 4.79 Å². The van der Waals surface area contributed by atoms with Crippen LogP contribution in [0.2, 0.25) is 0 Å². The number of rotatable bonds is 4. The Kier molecular flexibility index (Phi) is 5.39. The van der Waals surface area contributed by atoms with Crippen LogP contribution in [0.25, 0.3) is 0 Å². The largest absolute Gasteiger partial charge is 0.508 e. The van der Waals surface area contributed by atoms with Crippen molar-refractivity contribution in [1.29, 1.82) is 5.26 Å². The molecule has 1 aromatic carbocycles. The Morgan fingerprint density at radius 3 is 2.75 bits per heavy atom. The first-order valence-corrected chi connectivity index (χ1v) is 6.47. The molecule has 1 aromatic rings. The molecule has 0 aliphatic rings. The smallest absolute Gasteiger partial charge is 0.408 e. The van der Waals surface area contributed by atoms with E-state index >= 15 is 0 Å². The van der Waals surface area contributed by atoms with E-state index in [0.717, 1.165) is 5.56 Å². The maximum absolute atomic E-state index is 11.8. The summed E-state index contributed by atoms with van der Waals surface area (Å²) in [6, 6.07) is 8.29. The number of aromatic hydroxyl groups is 1. The van der Waals surface area contributed by atoms with E-state index in [0.29, 0.717) is 12.8 Å². The van der Waals surface area contributed by atoms with Gasteiger partial charge in [0.25, 0.3) is 0 Å². The summed E-state index contributed by atoms with van der Waals surface area (Å²) in [7, 11) is 0. The lowest BCUT2D eigenvalue weighted by atomic mass is 10.0. The summed E-state index contributed by atoms with van der Waals surface area (Å²) in [5, 5.41) is 20.9. The second-order valence-electron chi connectivity index (χ2n) is 5.49. The van der Waals surface area contributed by atoms with Crippen molar-refractivity contribution < 1.29 is 14.6 Å². The molecule has 0 radical (unpaired) electrons. The Hall–Kier alpha value is -2.22. The topological polar surface area (TPSA) is 82.3 Å². The van der Waals surface area contributed by atoms with Gasteiger partial charge in [-0.15, -0.1) is 0 Å². The predicted molar refractivity (Wildman–Crippen MR) is 75.1 cm³/mol. The summed E-state index contributed by atoms with van der Waals surface area (Å²) in [6.45, 7) is 5.35. The van der Waals surface area contributed by atoms with E-state index in [9.17, 15) is 9.90 Å². The second kappa shape index (κ2) is 6.80. The molecular weight excluding hydrogens is 256 g/mol. The first-order valence-electron chi connectivity index (χ1n) is 6.47. The van der Waals surface area contributed by atoms with Crippen LogP contribution in [-0.4, -0.2) is 16.8 Å². The molecule has 0 saturated carbocycles. The van der Waals surface area contributed by atoms with Gasteiger partial charge in [0.2, 0.25) is 0 Å². The minimum Gasteiger partial charge on any atom is -0.508 e. The number of nitriles is 1. The molecule has 0 heterocycles. The van der Waals surface area contributed by atoms with Crippen molar-refractivity contribution in [1.82, 2.24) is 5.32 Å². The molecule has 0 spiro atoms. The third-order valence-corrected chi connectivity index (χ3v) is 2.51. The Bertz CT molecular complexity index is 501. The van der Waals surface area contributed by atoms with Crippen molar-refractivity contribution in [3.8, 4) is 11.8 Å². The SMILES string of the molecule is CC(C)(C)OC(=O)N[C@@H](CCC#N)c1cccc(O)c1. The van der Waals surface area contributed by atoms with Gasteiger partial charge < -0.3 is 15.2 Å². The van der Waals surface area contributed by atoms with E-state index < -0.39 is 11.7 Å². The average Bonchev–Trinajstić information content (AvgIpc) is 2.32. The van der Waals surface area contributed by atoms with Gasteiger partial charge in [-0.3, -0.25) is 0 Å². The normalized spacial score (nSPS) is 12.3. The van der Waals surface area contributed by atoms with Crippen LogP contribution in [0.4, 0.5) is 4.79 Å². The summed E-state index contributed by atoms with van der Waals surface area (Å²) >= 11 is 0. The first-order chi connectivity index (χ1) is 9.31. The van der Waals surface area contributed by atoms with Gasteiger partial charge in [-0.2, -0.15) is 5.26 Å². The number of ether oxygens (including phenoxy) is 1. The molecular formula is C15H20N2O3. The van der Waals surface area contributed by atoms with E-state index in [-0.39, 0.29) is 11.8 Å². The van der Waals surface area contributed by atoms with Gasteiger partial charge in [0, 0.05) is 6.42 Å². The maximum Gasteiger partial charge on any atom is 0.408 e. The third-order valence-electron chi connectivity index (χ3n) is 2.51. The van der Waals surface area contributed by atoms with Crippen molar-refractivity contribution in [2.75, 3.05) is 0 Å². The molecule has 2 N–H and O–H groups in total.